The van der Waals surface area contributed by atoms with Gasteiger partial charge in [0.25, 0.3) is 0 Å². The Balaban J connectivity index is 1.65. The summed E-state index contributed by atoms with van der Waals surface area (Å²) in [5.41, 5.74) is 5.65. The van der Waals surface area contributed by atoms with Gasteiger partial charge in [-0.1, -0.05) is 12.1 Å². The van der Waals surface area contributed by atoms with E-state index in [1.165, 1.54) is 21.7 Å². The van der Waals surface area contributed by atoms with Gasteiger partial charge in [0.2, 0.25) is 6.79 Å². The second kappa shape index (κ2) is 5.36. The summed E-state index contributed by atoms with van der Waals surface area (Å²) >= 11 is 1.73. The number of hydrogen-bond acceptors (Lipinski definition) is 4. The third-order valence-electron chi connectivity index (χ3n) is 4.57. The molecule has 5 heteroatoms. The first-order valence-corrected chi connectivity index (χ1v) is 8.97. The van der Waals surface area contributed by atoms with Crippen molar-refractivity contribution in [2.75, 3.05) is 6.79 Å². The van der Waals surface area contributed by atoms with Crippen LogP contribution in [0.3, 0.4) is 0 Å². The summed E-state index contributed by atoms with van der Waals surface area (Å²) in [6, 6.07) is 16.5. The molecular weight excluding hydrogens is 332 g/mol. The first-order valence-electron chi connectivity index (χ1n) is 8.15. The molecule has 0 fully saturated rings. The number of para-hydroxylation sites is 1. The molecule has 4 aromatic rings. The van der Waals surface area contributed by atoms with E-state index < -0.39 is 0 Å². The molecule has 0 saturated carbocycles. The monoisotopic (exact) mass is 348 g/mol. The van der Waals surface area contributed by atoms with Gasteiger partial charge >= 0.3 is 0 Å². The summed E-state index contributed by atoms with van der Waals surface area (Å²) in [6.45, 7) is 4.55. The van der Waals surface area contributed by atoms with Crippen LogP contribution in [-0.2, 0) is 0 Å². The van der Waals surface area contributed by atoms with Gasteiger partial charge < -0.3 is 14.0 Å². The summed E-state index contributed by atoms with van der Waals surface area (Å²) in [7, 11) is 0. The Hall–Kier alpha value is -2.79. The van der Waals surface area contributed by atoms with E-state index >= 15 is 0 Å². The Labute approximate surface area is 149 Å². The maximum Gasteiger partial charge on any atom is 0.231 e. The second-order valence-corrected chi connectivity index (χ2v) is 7.18. The van der Waals surface area contributed by atoms with Crippen LogP contribution in [0.5, 0.6) is 11.5 Å². The number of aryl methyl sites for hydroxylation is 1. The minimum Gasteiger partial charge on any atom is -0.454 e. The van der Waals surface area contributed by atoms with Crippen molar-refractivity contribution in [3.63, 3.8) is 0 Å². The quantitative estimate of drug-likeness (QED) is 0.506. The third kappa shape index (κ3) is 2.23. The molecule has 5 rings (SSSR count). The standard InChI is InChI=1S/C20H16N2O2S/c1-12-9-15(20-21-16-5-3-4-6-19(16)25-20)13(2)22(12)14-7-8-17-18(10-14)24-11-23-17/h3-10H,11H2,1-2H3. The van der Waals surface area contributed by atoms with Gasteiger partial charge in [0.1, 0.15) is 5.01 Å². The summed E-state index contributed by atoms with van der Waals surface area (Å²) in [6.07, 6.45) is 0. The van der Waals surface area contributed by atoms with Crippen LogP contribution in [0.1, 0.15) is 11.4 Å². The van der Waals surface area contributed by atoms with Gasteiger partial charge in [-0.25, -0.2) is 4.98 Å². The molecule has 0 atom stereocenters. The van der Waals surface area contributed by atoms with E-state index in [1.807, 2.05) is 18.2 Å². The Kier molecular flexibility index (Phi) is 3.12. The molecular formula is C20H16N2O2S. The van der Waals surface area contributed by atoms with Crippen molar-refractivity contribution in [2.24, 2.45) is 0 Å². The van der Waals surface area contributed by atoms with Gasteiger partial charge in [0.15, 0.2) is 11.5 Å². The van der Waals surface area contributed by atoms with Crippen molar-refractivity contribution >= 4 is 21.6 Å². The minimum absolute atomic E-state index is 0.291. The third-order valence-corrected chi connectivity index (χ3v) is 5.64. The molecule has 0 N–H and O–H groups in total. The molecule has 4 nitrogen and oxygen atoms in total. The van der Waals surface area contributed by atoms with Gasteiger partial charge in [0, 0.05) is 28.7 Å². The summed E-state index contributed by atoms with van der Waals surface area (Å²) in [5, 5.41) is 1.06. The summed E-state index contributed by atoms with van der Waals surface area (Å²) < 4.78 is 14.4. The van der Waals surface area contributed by atoms with E-state index in [-0.39, 0.29) is 0 Å². The zero-order chi connectivity index (χ0) is 17.0. The van der Waals surface area contributed by atoms with Gasteiger partial charge in [-0.05, 0) is 44.2 Å². The Bertz CT molecular complexity index is 1080. The molecule has 3 heterocycles. The number of aromatic nitrogens is 2. The SMILES string of the molecule is Cc1cc(-c2nc3ccccc3s2)c(C)n1-c1ccc2c(c1)OCO2. The fourth-order valence-corrected chi connectivity index (χ4v) is 4.42. The number of ether oxygens (including phenoxy) is 2. The number of benzene rings is 2. The van der Waals surface area contributed by atoms with Crippen molar-refractivity contribution in [3.8, 4) is 27.8 Å². The molecule has 0 aliphatic carbocycles. The number of rotatable bonds is 2. The largest absolute Gasteiger partial charge is 0.454 e. The van der Waals surface area contributed by atoms with Gasteiger partial charge in [-0.2, -0.15) is 0 Å². The van der Waals surface area contributed by atoms with Crippen LogP contribution in [0.25, 0.3) is 26.5 Å². The van der Waals surface area contributed by atoms with Crippen molar-refractivity contribution in [2.45, 2.75) is 13.8 Å². The maximum atomic E-state index is 5.53. The summed E-state index contributed by atoms with van der Waals surface area (Å²) in [4.78, 5) is 4.81. The second-order valence-electron chi connectivity index (χ2n) is 6.14. The highest BCUT2D eigenvalue weighted by molar-refractivity contribution is 7.21. The molecule has 124 valence electrons. The maximum absolute atomic E-state index is 5.53. The summed E-state index contributed by atoms with van der Waals surface area (Å²) in [5.74, 6) is 1.60. The first kappa shape index (κ1) is 14.5. The normalized spacial score (nSPS) is 12.9. The zero-order valence-electron chi connectivity index (χ0n) is 13.9. The predicted molar refractivity (Wildman–Crippen MR) is 100.0 cm³/mol. The highest BCUT2D eigenvalue weighted by atomic mass is 32.1. The molecule has 0 spiro atoms. The molecule has 0 unspecified atom stereocenters. The van der Waals surface area contributed by atoms with E-state index in [1.54, 1.807) is 11.3 Å². The van der Waals surface area contributed by atoms with Crippen LogP contribution in [-0.4, -0.2) is 16.3 Å². The zero-order valence-corrected chi connectivity index (χ0v) is 14.8. The van der Waals surface area contributed by atoms with E-state index in [9.17, 15) is 0 Å². The molecule has 2 aromatic carbocycles. The lowest BCUT2D eigenvalue weighted by atomic mass is 10.2. The van der Waals surface area contributed by atoms with Crippen LogP contribution < -0.4 is 9.47 Å². The van der Waals surface area contributed by atoms with Crippen LogP contribution in [0, 0.1) is 13.8 Å². The van der Waals surface area contributed by atoms with Gasteiger partial charge in [-0.3, -0.25) is 0 Å². The first-order chi connectivity index (χ1) is 12.2. The van der Waals surface area contributed by atoms with Crippen molar-refractivity contribution in [1.82, 2.24) is 9.55 Å². The van der Waals surface area contributed by atoms with E-state index in [0.717, 1.165) is 27.7 Å². The number of hydrogen-bond donors (Lipinski definition) is 0. The molecule has 0 amide bonds. The molecule has 25 heavy (non-hydrogen) atoms. The van der Waals surface area contributed by atoms with Crippen molar-refractivity contribution in [1.29, 1.82) is 0 Å². The van der Waals surface area contributed by atoms with Crippen LogP contribution in [0.4, 0.5) is 0 Å². The topological polar surface area (TPSA) is 36.3 Å². The van der Waals surface area contributed by atoms with Gasteiger partial charge in [-0.15, -0.1) is 11.3 Å². The molecule has 0 radical (unpaired) electrons. The lowest BCUT2D eigenvalue weighted by Crippen LogP contribution is -1.99. The van der Waals surface area contributed by atoms with E-state index in [4.69, 9.17) is 14.5 Å². The Morgan fingerprint density at radius 2 is 1.84 bits per heavy atom. The average molecular weight is 348 g/mol. The smallest absolute Gasteiger partial charge is 0.231 e. The number of nitrogens with zero attached hydrogens (tertiary/aromatic N) is 2. The van der Waals surface area contributed by atoms with Crippen LogP contribution in [0.2, 0.25) is 0 Å². The van der Waals surface area contributed by atoms with Crippen molar-refractivity contribution < 1.29 is 9.47 Å². The number of thiazole rings is 1. The molecule has 1 aliphatic heterocycles. The van der Waals surface area contributed by atoms with Crippen molar-refractivity contribution in [3.05, 3.63) is 59.9 Å². The fraction of sp³-hybridized carbons (Fsp3) is 0.150. The number of fused-ring (bicyclic) bond motifs is 2. The Morgan fingerprint density at radius 3 is 2.72 bits per heavy atom. The van der Waals surface area contributed by atoms with E-state index in [0.29, 0.717) is 6.79 Å². The highest BCUT2D eigenvalue weighted by Crippen LogP contribution is 2.37. The van der Waals surface area contributed by atoms with Crippen LogP contribution in [0.15, 0.2) is 48.5 Å². The molecule has 0 bridgehead atoms. The molecule has 1 aliphatic rings. The molecule has 0 saturated heterocycles. The highest BCUT2D eigenvalue weighted by Gasteiger charge is 2.18. The van der Waals surface area contributed by atoms with Crippen LogP contribution >= 0.6 is 11.3 Å². The van der Waals surface area contributed by atoms with Gasteiger partial charge in [0.05, 0.1) is 10.2 Å². The minimum atomic E-state index is 0.291. The fourth-order valence-electron chi connectivity index (χ4n) is 3.39. The molecule has 2 aromatic heterocycles. The predicted octanol–water partition coefficient (Wildman–Crippen LogP) is 5.10. The Morgan fingerprint density at radius 1 is 1.00 bits per heavy atom. The lowest BCUT2D eigenvalue weighted by molar-refractivity contribution is 0.174. The lowest BCUT2D eigenvalue weighted by Gasteiger charge is -2.10. The average Bonchev–Trinajstić information content (AvgIpc) is 3.31. The van der Waals surface area contributed by atoms with E-state index in [2.05, 4.69) is 48.7 Å².